The van der Waals surface area contributed by atoms with E-state index < -0.39 is 0 Å². The third-order valence-corrected chi connectivity index (χ3v) is 3.57. The summed E-state index contributed by atoms with van der Waals surface area (Å²) < 4.78 is 0. The van der Waals surface area contributed by atoms with Crippen molar-refractivity contribution in [3.63, 3.8) is 0 Å². The molecule has 1 heteroatoms. The van der Waals surface area contributed by atoms with Gasteiger partial charge in [-0.05, 0) is 31.1 Å². The molecule has 1 atom stereocenters. The maximum atomic E-state index is 11.5. The van der Waals surface area contributed by atoms with Gasteiger partial charge in [0.2, 0.25) is 0 Å². The van der Waals surface area contributed by atoms with Gasteiger partial charge in [0.15, 0.2) is 0 Å². The second kappa shape index (κ2) is 4.29. The molecule has 1 unspecified atom stereocenters. The molecule has 1 aliphatic carbocycles. The van der Waals surface area contributed by atoms with E-state index in [1.807, 2.05) is 6.92 Å². The summed E-state index contributed by atoms with van der Waals surface area (Å²) in [5.41, 5.74) is 1.73. The van der Waals surface area contributed by atoms with Crippen LogP contribution < -0.4 is 0 Å². The van der Waals surface area contributed by atoms with Crippen molar-refractivity contribution in [3.05, 3.63) is 11.6 Å². The highest BCUT2D eigenvalue weighted by atomic mass is 16.1. The van der Waals surface area contributed by atoms with Crippen molar-refractivity contribution < 1.29 is 4.79 Å². The number of rotatable bonds is 3. The van der Waals surface area contributed by atoms with Crippen LogP contribution in [0.1, 0.15) is 53.4 Å². The third kappa shape index (κ3) is 2.46. The van der Waals surface area contributed by atoms with Gasteiger partial charge in [-0.3, -0.25) is 4.79 Å². The monoisotopic (exact) mass is 194 g/mol. The predicted molar refractivity (Wildman–Crippen MR) is 60.2 cm³/mol. The quantitative estimate of drug-likeness (QED) is 0.625. The molecule has 1 aliphatic rings. The minimum atomic E-state index is 0.309. The van der Waals surface area contributed by atoms with E-state index in [1.165, 1.54) is 18.4 Å². The molecule has 80 valence electrons. The van der Waals surface area contributed by atoms with Crippen molar-refractivity contribution in [1.29, 1.82) is 0 Å². The highest BCUT2D eigenvalue weighted by molar-refractivity contribution is 5.78. The fourth-order valence-electron chi connectivity index (χ4n) is 2.41. The summed E-state index contributed by atoms with van der Waals surface area (Å²) in [5, 5.41) is 0. The highest BCUT2D eigenvalue weighted by Gasteiger charge is 2.33. The molecule has 0 saturated carbocycles. The Balaban J connectivity index is 2.76. The number of hydrogen-bond acceptors (Lipinski definition) is 1. The van der Waals surface area contributed by atoms with Crippen LogP contribution in [-0.2, 0) is 4.79 Å². The molecule has 0 bridgehead atoms. The van der Waals surface area contributed by atoms with Crippen molar-refractivity contribution in [2.75, 3.05) is 0 Å². The minimum Gasteiger partial charge on any atom is -0.300 e. The number of ketones is 1. The van der Waals surface area contributed by atoms with Crippen molar-refractivity contribution in [2.24, 2.45) is 11.3 Å². The van der Waals surface area contributed by atoms with E-state index in [0.29, 0.717) is 23.5 Å². The predicted octanol–water partition coefficient (Wildman–Crippen LogP) is 3.74. The van der Waals surface area contributed by atoms with Gasteiger partial charge in [-0.1, -0.05) is 32.4 Å². The zero-order valence-corrected chi connectivity index (χ0v) is 9.89. The Morgan fingerprint density at radius 3 is 2.71 bits per heavy atom. The number of allylic oxidation sites excluding steroid dienone is 2. The molecule has 0 aromatic rings. The molecule has 14 heavy (non-hydrogen) atoms. The van der Waals surface area contributed by atoms with Gasteiger partial charge in [0.25, 0.3) is 0 Å². The maximum absolute atomic E-state index is 11.5. The summed E-state index contributed by atoms with van der Waals surface area (Å²) in [4.78, 5) is 11.5. The average molecular weight is 194 g/mol. The smallest absolute Gasteiger partial charge is 0.133 e. The Morgan fingerprint density at radius 2 is 2.21 bits per heavy atom. The molecular weight excluding hydrogens is 172 g/mol. The molecule has 0 radical (unpaired) electrons. The molecule has 0 fully saturated rings. The van der Waals surface area contributed by atoms with Crippen LogP contribution in [0.5, 0.6) is 0 Å². The largest absolute Gasteiger partial charge is 0.300 e. The lowest BCUT2D eigenvalue weighted by Crippen LogP contribution is -2.29. The lowest BCUT2D eigenvalue weighted by Gasteiger charge is -2.38. The van der Waals surface area contributed by atoms with Crippen molar-refractivity contribution in [1.82, 2.24) is 0 Å². The Morgan fingerprint density at radius 1 is 1.57 bits per heavy atom. The summed E-state index contributed by atoms with van der Waals surface area (Å²) in [7, 11) is 0. The second-order valence-electron chi connectivity index (χ2n) is 5.12. The van der Waals surface area contributed by atoms with E-state index in [-0.39, 0.29) is 0 Å². The van der Waals surface area contributed by atoms with Gasteiger partial charge >= 0.3 is 0 Å². The van der Waals surface area contributed by atoms with Crippen LogP contribution in [0, 0.1) is 11.3 Å². The molecule has 0 aliphatic heterocycles. The molecule has 1 rings (SSSR count). The van der Waals surface area contributed by atoms with Crippen LogP contribution in [-0.4, -0.2) is 5.78 Å². The Hall–Kier alpha value is -0.590. The van der Waals surface area contributed by atoms with E-state index in [0.717, 1.165) is 6.42 Å². The van der Waals surface area contributed by atoms with Crippen molar-refractivity contribution in [3.8, 4) is 0 Å². The van der Waals surface area contributed by atoms with Crippen molar-refractivity contribution >= 4 is 5.78 Å². The number of hydrogen-bond donors (Lipinski definition) is 0. The molecule has 0 aromatic carbocycles. The maximum Gasteiger partial charge on any atom is 0.133 e. The Labute approximate surface area is 87.6 Å². The lowest BCUT2D eigenvalue weighted by atomic mass is 9.67. The Bertz CT molecular complexity index is 248. The summed E-state index contributed by atoms with van der Waals surface area (Å²) in [6.07, 6.45) is 6.12. The van der Waals surface area contributed by atoms with Gasteiger partial charge in [-0.2, -0.15) is 0 Å². The fourth-order valence-corrected chi connectivity index (χ4v) is 2.41. The number of Topliss-reactive ketones (excluding diaryl/α,β-unsaturated/α-hetero) is 1. The van der Waals surface area contributed by atoms with Crippen LogP contribution >= 0.6 is 0 Å². The van der Waals surface area contributed by atoms with Gasteiger partial charge in [-0.25, -0.2) is 0 Å². The molecule has 0 amide bonds. The summed E-state index contributed by atoms with van der Waals surface area (Å²) in [6.45, 7) is 8.71. The molecule has 0 spiro atoms. The van der Waals surface area contributed by atoms with Crippen molar-refractivity contribution in [2.45, 2.75) is 53.4 Å². The van der Waals surface area contributed by atoms with Crippen LogP contribution in [0.25, 0.3) is 0 Å². The minimum absolute atomic E-state index is 0.309. The average Bonchev–Trinajstić information content (AvgIpc) is 2.11. The molecular formula is C13H22O. The zero-order valence-electron chi connectivity index (χ0n) is 9.89. The summed E-state index contributed by atoms with van der Waals surface area (Å²) in [6, 6.07) is 0. The molecule has 0 heterocycles. The first-order valence-corrected chi connectivity index (χ1v) is 5.65. The van der Waals surface area contributed by atoms with E-state index in [1.54, 1.807) is 0 Å². The normalized spacial score (nSPS) is 25.7. The first-order valence-electron chi connectivity index (χ1n) is 5.65. The van der Waals surface area contributed by atoms with Crippen LogP contribution in [0.15, 0.2) is 11.6 Å². The van der Waals surface area contributed by atoms with Crippen LogP contribution in [0.2, 0.25) is 0 Å². The topological polar surface area (TPSA) is 17.1 Å². The standard InChI is InChI=1S/C13H22O/c1-5-11(14)9-12-10(2)7-6-8-13(12,3)4/h7,12H,5-6,8-9H2,1-4H3. The Kier molecular flexibility index (Phi) is 3.52. The van der Waals surface area contributed by atoms with Gasteiger partial charge < -0.3 is 0 Å². The number of carbonyl (C=O) groups excluding carboxylic acids is 1. The molecule has 0 aromatic heterocycles. The van der Waals surface area contributed by atoms with E-state index in [9.17, 15) is 4.79 Å². The SMILES string of the molecule is CCC(=O)CC1C(C)=CCCC1(C)C. The van der Waals surface area contributed by atoms with Gasteiger partial charge in [0.1, 0.15) is 5.78 Å². The first kappa shape index (κ1) is 11.5. The van der Waals surface area contributed by atoms with Crippen LogP contribution in [0.4, 0.5) is 0 Å². The van der Waals surface area contributed by atoms with Gasteiger partial charge in [0.05, 0.1) is 0 Å². The number of carbonyl (C=O) groups is 1. The van der Waals surface area contributed by atoms with E-state index >= 15 is 0 Å². The third-order valence-electron chi connectivity index (χ3n) is 3.57. The summed E-state index contributed by atoms with van der Waals surface area (Å²) >= 11 is 0. The van der Waals surface area contributed by atoms with Gasteiger partial charge in [0, 0.05) is 12.8 Å². The van der Waals surface area contributed by atoms with E-state index in [2.05, 4.69) is 26.8 Å². The second-order valence-corrected chi connectivity index (χ2v) is 5.12. The zero-order chi connectivity index (χ0) is 10.8. The first-order chi connectivity index (χ1) is 6.47. The van der Waals surface area contributed by atoms with Crippen LogP contribution in [0.3, 0.4) is 0 Å². The van der Waals surface area contributed by atoms with Gasteiger partial charge in [-0.15, -0.1) is 0 Å². The highest BCUT2D eigenvalue weighted by Crippen LogP contribution is 2.42. The fraction of sp³-hybridized carbons (Fsp3) is 0.769. The van der Waals surface area contributed by atoms with E-state index in [4.69, 9.17) is 0 Å². The molecule has 0 N–H and O–H groups in total. The molecule has 0 saturated heterocycles. The summed E-state index contributed by atoms with van der Waals surface area (Å²) in [5.74, 6) is 0.876. The molecule has 1 nitrogen and oxygen atoms in total. The lowest BCUT2D eigenvalue weighted by molar-refractivity contribution is -0.120.